The molecule has 6 nitrogen and oxygen atoms in total. The van der Waals surface area contributed by atoms with Gasteiger partial charge in [-0.3, -0.25) is 4.79 Å². The summed E-state index contributed by atoms with van der Waals surface area (Å²) in [5, 5.41) is 13.8. The van der Waals surface area contributed by atoms with Gasteiger partial charge in [-0.05, 0) is 61.4 Å². The molecule has 0 fully saturated rings. The summed E-state index contributed by atoms with van der Waals surface area (Å²) >= 11 is 0. The number of amides is 1. The third-order valence-electron chi connectivity index (χ3n) is 3.98. The fraction of sp³-hybridized carbons (Fsp3) is 0.190. The lowest BCUT2D eigenvalue weighted by atomic mass is 10.1. The number of nitrogens with zero attached hydrogens (tertiary/aromatic N) is 2. The molecule has 7 heteroatoms. The minimum absolute atomic E-state index is 0.202. The molecule has 0 atom stereocenters. The third kappa shape index (κ3) is 5.26. The number of hydrogen-bond acceptors (Lipinski definition) is 5. The molecule has 2 N–H and O–H groups in total. The minimum Gasteiger partial charge on any atom is -0.494 e. The molecule has 144 valence electrons. The molecule has 3 rings (SSSR count). The summed E-state index contributed by atoms with van der Waals surface area (Å²) in [5.74, 6) is 0.686. The number of halogens is 1. The van der Waals surface area contributed by atoms with E-state index in [4.69, 9.17) is 4.74 Å². The zero-order chi connectivity index (χ0) is 19.8. The second-order valence-corrected chi connectivity index (χ2v) is 5.98. The van der Waals surface area contributed by atoms with Crippen molar-refractivity contribution in [1.82, 2.24) is 10.2 Å². The molecule has 28 heavy (non-hydrogen) atoms. The van der Waals surface area contributed by atoms with Gasteiger partial charge in [-0.1, -0.05) is 18.2 Å². The second kappa shape index (κ2) is 9.45. The fourth-order valence-electron chi connectivity index (χ4n) is 2.57. The lowest BCUT2D eigenvalue weighted by Crippen LogP contribution is -2.15. The van der Waals surface area contributed by atoms with E-state index in [1.807, 2.05) is 6.92 Å². The number of anilines is 2. The summed E-state index contributed by atoms with van der Waals surface area (Å²) in [4.78, 5) is 12.3. The molecule has 1 aromatic heterocycles. The summed E-state index contributed by atoms with van der Waals surface area (Å²) in [7, 11) is 0. The van der Waals surface area contributed by atoms with Crippen molar-refractivity contribution in [2.75, 3.05) is 23.8 Å². The largest absolute Gasteiger partial charge is 0.494 e. The Bertz CT molecular complexity index is 914. The Morgan fingerprint density at radius 2 is 1.82 bits per heavy atom. The highest BCUT2D eigenvalue weighted by Gasteiger charge is 2.09. The molecule has 0 saturated carbocycles. The van der Waals surface area contributed by atoms with Crippen LogP contribution in [-0.2, 0) is 6.42 Å². The van der Waals surface area contributed by atoms with Crippen molar-refractivity contribution in [3.63, 3.8) is 0 Å². The van der Waals surface area contributed by atoms with E-state index in [9.17, 15) is 9.18 Å². The summed E-state index contributed by atoms with van der Waals surface area (Å²) < 4.78 is 19.0. The number of nitrogens with one attached hydrogen (secondary N) is 2. The highest BCUT2D eigenvalue weighted by Crippen LogP contribution is 2.16. The maximum absolute atomic E-state index is 13.6. The standard InChI is InChI=1S/C21H21FN4O2/c1-2-28-17-9-7-16(8-10-17)24-21(27)19-11-12-20(26-25-19)23-14-13-15-5-3-4-6-18(15)22/h3-12H,2,13-14H2,1H3,(H,23,26)(H,24,27). The second-order valence-electron chi connectivity index (χ2n) is 5.98. The highest BCUT2D eigenvalue weighted by atomic mass is 19.1. The molecule has 0 bridgehead atoms. The Labute approximate surface area is 162 Å². The number of carbonyl (C=O) groups is 1. The van der Waals surface area contributed by atoms with Gasteiger partial charge in [0.05, 0.1) is 6.61 Å². The van der Waals surface area contributed by atoms with Crippen LogP contribution in [0, 0.1) is 5.82 Å². The van der Waals surface area contributed by atoms with E-state index in [1.54, 1.807) is 54.6 Å². The summed E-state index contributed by atoms with van der Waals surface area (Å²) in [6.07, 6.45) is 0.522. The average molecular weight is 380 g/mol. The van der Waals surface area contributed by atoms with E-state index in [0.717, 1.165) is 5.75 Å². The van der Waals surface area contributed by atoms with E-state index in [2.05, 4.69) is 20.8 Å². The zero-order valence-electron chi connectivity index (χ0n) is 15.5. The molecule has 0 spiro atoms. The molecule has 0 aliphatic rings. The predicted molar refractivity (Wildman–Crippen MR) is 106 cm³/mol. The number of ether oxygens (including phenoxy) is 1. The van der Waals surface area contributed by atoms with Gasteiger partial charge in [0.1, 0.15) is 17.4 Å². The van der Waals surface area contributed by atoms with Crippen molar-refractivity contribution in [3.8, 4) is 5.75 Å². The van der Waals surface area contributed by atoms with Crippen molar-refractivity contribution in [2.45, 2.75) is 13.3 Å². The van der Waals surface area contributed by atoms with Crippen LogP contribution in [0.4, 0.5) is 15.9 Å². The van der Waals surface area contributed by atoms with Crippen LogP contribution in [0.3, 0.4) is 0 Å². The molecule has 3 aromatic rings. The van der Waals surface area contributed by atoms with Gasteiger partial charge in [0.15, 0.2) is 5.69 Å². The van der Waals surface area contributed by atoms with Crippen LogP contribution in [0.1, 0.15) is 23.0 Å². The van der Waals surface area contributed by atoms with Crippen LogP contribution in [0.2, 0.25) is 0 Å². The van der Waals surface area contributed by atoms with Gasteiger partial charge in [-0.15, -0.1) is 10.2 Å². The maximum atomic E-state index is 13.6. The molecule has 0 aliphatic heterocycles. The zero-order valence-corrected chi connectivity index (χ0v) is 15.5. The number of benzene rings is 2. The summed E-state index contributed by atoms with van der Waals surface area (Å²) in [5.41, 5.74) is 1.48. The van der Waals surface area contributed by atoms with Crippen LogP contribution in [-0.4, -0.2) is 29.3 Å². The van der Waals surface area contributed by atoms with Gasteiger partial charge in [0, 0.05) is 12.2 Å². The maximum Gasteiger partial charge on any atom is 0.276 e. The molecular formula is C21H21FN4O2. The van der Waals surface area contributed by atoms with E-state index in [-0.39, 0.29) is 17.4 Å². The Morgan fingerprint density at radius 1 is 1.04 bits per heavy atom. The van der Waals surface area contributed by atoms with Crippen molar-refractivity contribution >= 4 is 17.4 Å². The third-order valence-corrected chi connectivity index (χ3v) is 3.98. The van der Waals surface area contributed by atoms with Crippen LogP contribution in [0.15, 0.2) is 60.7 Å². The van der Waals surface area contributed by atoms with E-state index in [0.29, 0.717) is 36.6 Å². The van der Waals surface area contributed by atoms with Crippen molar-refractivity contribution < 1.29 is 13.9 Å². The van der Waals surface area contributed by atoms with Crippen molar-refractivity contribution in [1.29, 1.82) is 0 Å². The van der Waals surface area contributed by atoms with Crippen molar-refractivity contribution in [2.24, 2.45) is 0 Å². The van der Waals surface area contributed by atoms with E-state index in [1.165, 1.54) is 6.07 Å². The summed E-state index contributed by atoms with van der Waals surface area (Å²) in [6.45, 7) is 3.00. The van der Waals surface area contributed by atoms with Crippen LogP contribution < -0.4 is 15.4 Å². The van der Waals surface area contributed by atoms with Gasteiger partial charge in [0.2, 0.25) is 0 Å². The normalized spacial score (nSPS) is 10.4. The number of rotatable bonds is 8. The number of aromatic nitrogens is 2. The molecule has 1 heterocycles. The molecular weight excluding hydrogens is 359 g/mol. The number of hydrogen-bond donors (Lipinski definition) is 2. The van der Waals surface area contributed by atoms with Gasteiger partial charge in [-0.25, -0.2) is 4.39 Å². The van der Waals surface area contributed by atoms with Crippen LogP contribution >= 0.6 is 0 Å². The van der Waals surface area contributed by atoms with Gasteiger partial charge in [-0.2, -0.15) is 0 Å². The first-order valence-electron chi connectivity index (χ1n) is 9.01. The van der Waals surface area contributed by atoms with Gasteiger partial charge >= 0.3 is 0 Å². The van der Waals surface area contributed by atoms with E-state index < -0.39 is 0 Å². The highest BCUT2D eigenvalue weighted by molar-refractivity contribution is 6.02. The molecule has 0 unspecified atom stereocenters. The minimum atomic E-state index is -0.352. The SMILES string of the molecule is CCOc1ccc(NC(=O)c2ccc(NCCc3ccccc3F)nn2)cc1. The monoisotopic (exact) mass is 380 g/mol. The quantitative estimate of drug-likeness (QED) is 0.619. The van der Waals surface area contributed by atoms with E-state index >= 15 is 0 Å². The molecule has 0 saturated heterocycles. The lowest BCUT2D eigenvalue weighted by molar-refractivity contribution is 0.102. The Balaban J connectivity index is 1.51. The van der Waals surface area contributed by atoms with Gasteiger partial charge in [0.25, 0.3) is 5.91 Å². The predicted octanol–water partition coefficient (Wildman–Crippen LogP) is 3.92. The average Bonchev–Trinajstić information content (AvgIpc) is 2.71. The Morgan fingerprint density at radius 3 is 2.50 bits per heavy atom. The number of carbonyl (C=O) groups excluding carboxylic acids is 1. The molecule has 1 amide bonds. The van der Waals surface area contributed by atoms with Crippen LogP contribution in [0.5, 0.6) is 5.75 Å². The fourth-order valence-corrected chi connectivity index (χ4v) is 2.57. The molecule has 2 aromatic carbocycles. The van der Waals surface area contributed by atoms with Crippen molar-refractivity contribution in [3.05, 3.63) is 77.7 Å². The smallest absolute Gasteiger partial charge is 0.276 e. The van der Waals surface area contributed by atoms with Crippen LogP contribution in [0.25, 0.3) is 0 Å². The first-order valence-corrected chi connectivity index (χ1v) is 9.01. The molecule has 0 aliphatic carbocycles. The Kier molecular flexibility index (Phi) is 6.51. The summed E-state index contributed by atoms with van der Waals surface area (Å²) in [6, 6.07) is 17.0. The lowest BCUT2D eigenvalue weighted by Gasteiger charge is -2.08. The molecule has 0 radical (unpaired) electrons. The Hall–Kier alpha value is -3.48. The first kappa shape index (κ1) is 19.3. The van der Waals surface area contributed by atoms with Gasteiger partial charge < -0.3 is 15.4 Å². The topological polar surface area (TPSA) is 76.1 Å². The first-order chi connectivity index (χ1) is 13.7.